The third kappa shape index (κ3) is 1.97. The Morgan fingerprint density at radius 3 is 2.50 bits per heavy atom. The Bertz CT molecular complexity index is 827. The minimum absolute atomic E-state index is 0.106. The van der Waals surface area contributed by atoms with Crippen LogP contribution in [0.5, 0.6) is 0 Å². The van der Waals surface area contributed by atoms with Crippen molar-refractivity contribution in [2.24, 2.45) is 11.8 Å². The molecule has 2 aromatic rings. The summed E-state index contributed by atoms with van der Waals surface area (Å²) in [5, 5.41) is 2.79. The van der Waals surface area contributed by atoms with E-state index in [4.69, 9.17) is 11.6 Å². The normalized spacial score (nSPS) is 24.6. The maximum Gasteiger partial charge on any atom is 0.238 e. The summed E-state index contributed by atoms with van der Waals surface area (Å²) in [5.41, 5.74) is 0.652. The summed E-state index contributed by atoms with van der Waals surface area (Å²) in [4.78, 5) is 26.6. The Morgan fingerprint density at radius 2 is 1.68 bits per heavy atom. The average molecular weight is 312 g/mol. The first-order valence-corrected chi connectivity index (χ1v) is 7.74. The van der Waals surface area contributed by atoms with Gasteiger partial charge in [-0.1, -0.05) is 48.0 Å². The number of hydrogen-bond acceptors (Lipinski definition) is 2. The number of hydrogen-bond donors (Lipinski definition) is 0. The lowest BCUT2D eigenvalue weighted by Gasteiger charge is -2.17. The maximum atomic E-state index is 12.7. The molecular formula is C18H14ClNO2. The number of fused-ring (bicyclic) bond motifs is 2. The first-order valence-electron chi connectivity index (χ1n) is 7.36. The van der Waals surface area contributed by atoms with Crippen molar-refractivity contribution in [1.29, 1.82) is 0 Å². The molecule has 0 radical (unpaired) electrons. The monoisotopic (exact) mass is 311 g/mol. The SMILES string of the molecule is O=C1C2CC=C(Cl)CC2C(=O)N1c1ccc2ccccc2c1. The van der Waals surface area contributed by atoms with Crippen LogP contribution in [-0.4, -0.2) is 11.8 Å². The fraction of sp³-hybridized carbons (Fsp3) is 0.222. The number of carbonyl (C=O) groups is 2. The van der Waals surface area contributed by atoms with Gasteiger partial charge in [-0.15, -0.1) is 0 Å². The summed E-state index contributed by atoms with van der Waals surface area (Å²) >= 11 is 6.05. The molecule has 2 aromatic carbocycles. The number of nitrogens with zero attached hydrogens (tertiary/aromatic N) is 1. The smallest absolute Gasteiger partial charge is 0.238 e. The van der Waals surface area contributed by atoms with Gasteiger partial charge < -0.3 is 0 Å². The minimum atomic E-state index is -0.309. The van der Waals surface area contributed by atoms with Crippen LogP contribution >= 0.6 is 11.6 Å². The number of halogens is 1. The van der Waals surface area contributed by atoms with Crippen molar-refractivity contribution >= 4 is 39.9 Å². The maximum absolute atomic E-state index is 12.7. The van der Waals surface area contributed by atoms with Crippen LogP contribution in [0, 0.1) is 11.8 Å². The number of rotatable bonds is 1. The van der Waals surface area contributed by atoms with Crippen molar-refractivity contribution in [3.63, 3.8) is 0 Å². The Labute approximate surface area is 133 Å². The summed E-state index contributed by atoms with van der Waals surface area (Å²) in [5.74, 6) is -0.805. The standard InChI is InChI=1S/C18H14ClNO2/c19-13-6-8-15-16(10-13)18(22)20(17(15)21)14-7-5-11-3-1-2-4-12(11)9-14/h1-7,9,15-16H,8,10H2. The molecular weight excluding hydrogens is 298 g/mol. The number of allylic oxidation sites excluding steroid dienone is 2. The lowest BCUT2D eigenvalue weighted by Crippen LogP contribution is -2.30. The molecule has 0 saturated carbocycles. The van der Waals surface area contributed by atoms with Gasteiger partial charge in [0.05, 0.1) is 17.5 Å². The van der Waals surface area contributed by atoms with Gasteiger partial charge in [0.2, 0.25) is 11.8 Å². The van der Waals surface area contributed by atoms with Gasteiger partial charge in [0.1, 0.15) is 0 Å². The molecule has 4 rings (SSSR count). The van der Waals surface area contributed by atoms with Crippen molar-refractivity contribution in [2.45, 2.75) is 12.8 Å². The van der Waals surface area contributed by atoms with Gasteiger partial charge in [0, 0.05) is 5.03 Å². The van der Waals surface area contributed by atoms with E-state index in [1.807, 2.05) is 48.5 Å². The molecule has 1 saturated heterocycles. The zero-order valence-electron chi connectivity index (χ0n) is 11.8. The van der Waals surface area contributed by atoms with E-state index in [1.165, 1.54) is 4.90 Å². The summed E-state index contributed by atoms with van der Waals surface area (Å²) in [6.45, 7) is 0. The molecule has 0 N–H and O–H groups in total. The predicted octanol–water partition coefficient (Wildman–Crippen LogP) is 3.86. The third-order valence-electron chi connectivity index (χ3n) is 4.56. The number of imide groups is 1. The lowest BCUT2D eigenvalue weighted by atomic mass is 9.85. The molecule has 2 amide bonds. The van der Waals surface area contributed by atoms with Crippen LogP contribution in [-0.2, 0) is 9.59 Å². The van der Waals surface area contributed by atoms with Gasteiger partial charge in [0.25, 0.3) is 0 Å². The van der Waals surface area contributed by atoms with Gasteiger partial charge in [-0.25, -0.2) is 0 Å². The van der Waals surface area contributed by atoms with Crippen molar-refractivity contribution < 1.29 is 9.59 Å². The molecule has 0 aromatic heterocycles. The van der Waals surface area contributed by atoms with Crippen molar-refractivity contribution in [2.75, 3.05) is 4.90 Å². The second kappa shape index (κ2) is 4.96. The predicted molar refractivity (Wildman–Crippen MR) is 86.6 cm³/mol. The first-order chi connectivity index (χ1) is 10.6. The highest BCUT2D eigenvalue weighted by molar-refractivity contribution is 6.30. The van der Waals surface area contributed by atoms with Crippen LogP contribution in [0.25, 0.3) is 10.8 Å². The van der Waals surface area contributed by atoms with Crippen LogP contribution in [0.4, 0.5) is 5.69 Å². The van der Waals surface area contributed by atoms with Gasteiger partial charge in [-0.3, -0.25) is 14.5 Å². The lowest BCUT2D eigenvalue weighted by molar-refractivity contribution is -0.122. The van der Waals surface area contributed by atoms with Gasteiger partial charge >= 0.3 is 0 Å². The van der Waals surface area contributed by atoms with E-state index in [0.717, 1.165) is 10.8 Å². The van der Waals surface area contributed by atoms with Crippen molar-refractivity contribution in [3.8, 4) is 0 Å². The molecule has 2 aliphatic rings. The summed E-state index contributed by atoms with van der Waals surface area (Å²) in [6.07, 6.45) is 2.89. The summed E-state index contributed by atoms with van der Waals surface area (Å²) in [7, 11) is 0. The molecule has 4 heteroatoms. The van der Waals surface area contributed by atoms with E-state index in [-0.39, 0.29) is 23.7 Å². The molecule has 110 valence electrons. The summed E-state index contributed by atoms with van der Waals surface area (Å²) < 4.78 is 0. The van der Waals surface area contributed by atoms with Crippen LogP contribution in [0.1, 0.15) is 12.8 Å². The average Bonchev–Trinajstić information content (AvgIpc) is 2.78. The molecule has 22 heavy (non-hydrogen) atoms. The van der Waals surface area contributed by atoms with E-state index in [1.54, 1.807) is 0 Å². The minimum Gasteiger partial charge on any atom is -0.274 e. The van der Waals surface area contributed by atoms with E-state index < -0.39 is 0 Å². The first kappa shape index (κ1) is 13.5. The van der Waals surface area contributed by atoms with E-state index in [2.05, 4.69) is 0 Å². The molecule has 2 atom stereocenters. The molecule has 0 bridgehead atoms. The number of carbonyl (C=O) groups excluding carboxylic acids is 2. The Morgan fingerprint density at radius 1 is 0.955 bits per heavy atom. The van der Waals surface area contributed by atoms with E-state index >= 15 is 0 Å². The molecule has 0 spiro atoms. The Balaban J connectivity index is 1.75. The number of benzene rings is 2. The molecule has 1 aliphatic heterocycles. The third-order valence-corrected chi connectivity index (χ3v) is 4.87. The van der Waals surface area contributed by atoms with Crippen LogP contribution in [0.3, 0.4) is 0 Å². The molecule has 3 nitrogen and oxygen atoms in total. The van der Waals surface area contributed by atoms with Crippen LogP contribution in [0.15, 0.2) is 53.6 Å². The molecule has 2 unspecified atom stereocenters. The Kier molecular flexibility index (Phi) is 3.05. The highest BCUT2D eigenvalue weighted by Gasteiger charge is 2.48. The summed E-state index contributed by atoms with van der Waals surface area (Å²) in [6, 6.07) is 13.6. The number of anilines is 1. The van der Waals surface area contributed by atoms with Crippen molar-refractivity contribution in [3.05, 3.63) is 53.6 Å². The van der Waals surface area contributed by atoms with Crippen molar-refractivity contribution in [1.82, 2.24) is 0 Å². The van der Waals surface area contributed by atoms with Gasteiger partial charge in [-0.2, -0.15) is 0 Å². The van der Waals surface area contributed by atoms with Gasteiger partial charge in [0.15, 0.2) is 0 Å². The molecule has 1 fully saturated rings. The zero-order valence-corrected chi connectivity index (χ0v) is 12.6. The molecule has 1 aliphatic carbocycles. The van der Waals surface area contributed by atoms with Gasteiger partial charge in [-0.05, 0) is 35.7 Å². The fourth-order valence-corrected chi connectivity index (χ4v) is 3.65. The fourth-order valence-electron chi connectivity index (χ4n) is 3.40. The second-order valence-corrected chi connectivity index (χ2v) is 6.33. The Hall–Kier alpha value is -2.13. The van der Waals surface area contributed by atoms with E-state index in [9.17, 15) is 9.59 Å². The quantitative estimate of drug-likeness (QED) is 0.750. The highest BCUT2D eigenvalue weighted by Crippen LogP contribution is 2.41. The zero-order chi connectivity index (χ0) is 15.3. The van der Waals surface area contributed by atoms with Crippen LogP contribution < -0.4 is 4.90 Å². The second-order valence-electron chi connectivity index (χ2n) is 5.85. The topological polar surface area (TPSA) is 37.4 Å². The number of amides is 2. The van der Waals surface area contributed by atoms with E-state index in [0.29, 0.717) is 23.6 Å². The molecule has 1 heterocycles. The largest absolute Gasteiger partial charge is 0.274 e. The van der Waals surface area contributed by atoms with Crippen LogP contribution in [0.2, 0.25) is 0 Å². The highest BCUT2D eigenvalue weighted by atomic mass is 35.5.